The van der Waals surface area contributed by atoms with Crippen molar-refractivity contribution in [3.05, 3.63) is 65.4 Å². The molecule has 154 valence electrons. The summed E-state index contributed by atoms with van der Waals surface area (Å²) in [5, 5.41) is 27.9. The van der Waals surface area contributed by atoms with Gasteiger partial charge in [0.1, 0.15) is 5.75 Å². The molecule has 0 fully saturated rings. The predicted octanol–water partition coefficient (Wildman–Crippen LogP) is 4.41. The summed E-state index contributed by atoms with van der Waals surface area (Å²) >= 11 is 0. The molecule has 6 heteroatoms. The molecule has 0 unspecified atom stereocenters. The molecule has 0 spiro atoms. The number of aliphatic hydroxyl groups is 2. The Balaban J connectivity index is 1.92. The molecule has 30 heavy (non-hydrogen) atoms. The Hall–Kier alpha value is -3.22. The van der Waals surface area contributed by atoms with Crippen LogP contribution in [-0.2, 0) is 13.2 Å². The summed E-state index contributed by atoms with van der Waals surface area (Å²) < 4.78 is 5.46. The van der Waals surface area contributed by atoms with Crippen LogP contribution in [0.5, 0.6) is 5.75 Å². The second-order valence-electron chi connectivity index (χ2n) is 7.56. The van der Waals surface area contributed by atoms with Gasteiger partial charge in [-0.15, -0.1) is 0 Å². The molecule has 2 heterocycles. The van der Waals surface area contributed by atoms with Gasteiger partial charge in [-0.25, -0.2) is 4.98 Å². The monoisotopic (exact) mass is 403 g/mol. The molecule has 0 bridgehead atoms. The smallest absolute Gasteiger partial charge is 0.182 e. The zero-order valence-electron chi connectivity index (χ0n) is 17.3. The quantitative estimate of drug-likeness (QED) is 0.444. The molecule has 4 aromatic rings. The number of aromatic amines is 1. The van der Waals surface area contributed by atoms with Gasteiger partial charge in [0.25, 0.3) is 0 Å². The van der Waals surface area contributed by atoms with E-state index in [9.17, 15) is 10.2 Å². The van der Waals surface area contributed by atoms with Crippen LogP contribution >= 0.6 is 0 Å². The summed E-state index contributed by atoms with van der Waals surface area (Å²) in [6.45, 7) is 3.94. The fraction of sp³-hybridized carbons (Fsp3) is 0.250. The van der Waals surface area contributed by atoms with Crippen LogP contribution in [0, 0.1) is 0 Å². The van der Waals surface area contributed by atoms with Gasteiger partial charge in [0.05, 0.1) is 31.4 Å². The minimum atomic E-state index is -0.210. The zero-order valence-corrected chi connectivity index (χ0v) is 17.3. The number of benzene rings is 2. The number of pyridine rings is 1. The van der Waals surface area contributed by atoms with Crippen molar-refractivity contribution in [2.45, 2.75) is 33.0 Å². The highest BCUT2D eigenvalue weighted by molar-refractivity contribution is 6.02. The Kier molecular flexibility index (Phi) is 5.53. The van der Waals surface area contributed by atoms with E-state index in [2.05, 4.69) is 53.3 Å². The number of nitrogens with one attached hydrogen (secondary N) is 1. The highest BCUT2D eigenvalue weighted by atomic mass is 16.5. The highest BCUT2D eigenvalue weighted by Crippen LogP contribution is 2.37. The van der Waals surface area contributed by atoms with Crippen LogP contribution in [-0.4, -0.2) is 32.5 Å². The number of aliphatic hydroxyl groups excluding tert-OH is 2. The SMILES string of the molecule is COc1cc(-c2[nH]nc3nccc(-c4ccc(C(C)C)cc4)c23)cc(CO)c1CO. The van der Waals surface area contributed by atoms with Crippen molar-refractivity contribution in [2.24, 2.45) is 0 Å². The van der Waals surface area contributed by atoms with Gasteiger partial charge in [0, 0.05) is 17.3 Å². The minimum absolute atomic E-state index is 0.200. The van der Waals surface area contributed by atoms with Crippen molar-refractivity contribution in [2.75, 3.05) is 7.11 Å². The van der Waals surface area contributed by atoms with Gasteiger partial charge in [-0.3, -0.25) is 5.10 Å². The molecular formula is C24H25N3O3. The van der Waals surface area contributed by atoms with Crippen LogP contribution < -0.4 is 4.74 Å². The van der Waals surface area contributed by atoms with E-state index in [0.717, 1.165) is 27.8 Å². The first-order chi connectivity index (χ1) is 14.6. The van der Waals surface area contributed by atoms with Gasteiger partial charge in [0.2, 0.25) is 0 Å². The van der Waals surface area contributed by atoms with Crippen molar-refractivity contribution < 1.29 is 14.9 Å². The average Bonchev–Trinajstić information content (AvgIpc) is 3.22. The number of hydrogen-bond acceptors (Lipinski definition) is 5. The molecule has 3 N–H and O–H groups in total. The van der Waals surface area contributed by atoms with E-state index in [1.165, 1.54) is 5.56 Å². The van der Waals surface area contributed by atoms with Gasteiger partial charge in [-0.05, 0) is 46.4 Å². The molecule has 0 radical (unpaired) electrons. The second kappa shape index (κ2) is 8.26. The van der Waals surface area contributed by atoms with E-state index in [4.69, 9.17) is 4.74 Å². The predicted molar refractivity (Wildman–Crippen MR) is 117 cm³/mol. The zero-order chi connectivity index (χ0) is 21.3. The maximum atomic E-state index is 9.80. The maximum absolute atomic E-state index is 9.80. The number of hydrogen-bond donors (Lipinski definition) is 3. The third-order valence-electron chi connectivity index (χ3n) is 5.48. The van der Waals surface area contributed by atoms with Gasteiger partial charge in [0.15, 0.2) is 5.65 Å². The summed E-state index contributed by atoms with van der Waals surface area (Å²) in [6.07, 6.45) is 1.76. The van der Waals surface area contributed by atoms with E-state index in [0.29, 0.717) is 28.4 Å². The number of aromatic nitrogens is 3. The highest BCUT2D eigenvalue weighted by Gasteiger charge is 2.18. The standard InChI is InChI=1S/C24H25N3O3/c1-14(2)15-4-6-16(7-5-15)19-8-9-25-24-22(19)23(26-27-24)17-10-18(12-28)20(13-29)21(11-17)30-3/h4-11,14,28-29H,12-13H2,1-3H3,(H,25,26,27). The first-order valence-electron chi connectivity index (χ1n) is 9.92. The normalized spacial score (nSPS) is 11.4. The number of fused-ring (bicyclic) bond motifs is 1. The average molecular weight is 403 g/mol. The molecule has 0 atom stereocenters. The number of methoxy groups -OCH3 is 1. The molecule has 6 nitrogen and oxygen atoms in total. The minimum Gasteiger partial charge on any atom is -0.496 e. The summed E-state index contributed by atoms with van der Waals surface area (Å²) in [6, 6.07) is 14.2. The summed E-state index contributed by atoms with van der Waals surface area (Å²) in [5.41, 5.74) is 6.80. The van der Waals surface area contributed by atoms with Crippen LogP contribution in [0.15, 0.2) is 48.7 Å². The van der Waals surface area contributed by atoms with Crippen molar-refractivity contribution in [3.8, 4) is 28.1 Å². The Morgan fingerprint density at radius 1 is 1.00 bits per heavy atom. The van der Waals surface area contributed by atoms with Crippen LogP contribution in [0.25, 0.3) is 33.4 Å². The lowest BCUT2D eigenvalue weighted by Crippen LogP contribution is -2.00. The van der Waals surface area contributed by atoms with E-state index in [-0.39, 0.29) is 13.2 Å². The number of rotatable bonds is 6. The Labute approximate surface area is 175 Å². The van der Waals surface area contributed by atoms with E-state index >= 15 is 0 Å². The van der Waals surface area contributed by atoms with E-state index in [1.54, 1.807) is 13.3 Å². The topological polar surface area (TPSA) is 91.3 Å². The molecule has 0 saturated carbocycles. The van der Waals surface area contributed by atoms with Crippen LogP contribution in [0.1, 0.15) is 36.5 Å². The molecule has 0 aliphatic carbocycles. The molecule has 0 aliphatic heterocycles. The van der Waals surface area contributed by atoms with Gasteiger partial charge >= 0.3 is 0 Å². The Bertz CT molecular complexity index is 1160. The first kappa shape index (κ1) is 20.1. The molecule has 2 aromatic carbocycles. The van der Waals surface area contributed by atoms with Crippen LogP contribution in [0.2, 0.25) is 0 Å². The first-order valence-corrected chi connectivity index (χ1v) is 9.92. The third kappa shape index (κ3) is 3.44. The molecule has 0 aliphatic rings. The number of nitrogens with zero attached hydrogens (tertiary/aromatic N) is 2. The largest absolute Gasteiger partial charge is 0.496 e. The molecule has 0 amide bonds. The van der Waals surface area contributed by atoms with Crippen molar-refractivity contribution in [3.63, 3.8) is 0 Å². The summed E-state index contributed by atoms with van der Waals surface area (Å²) in [7, 11) is 1.55. The van der Waals surface area contributed by atoms with Gasteiger partial charge < -0.3 is 14.9 Å². The lowest BCUT2D eigenvalue weighted by Gasteiger charge is -2.14. The van der Waals surface area contributed by atoms with Crippen molar-refractivity contribution >= 4 is 11.0 Å². The van der Waals surface area contributed by atoms with Crippen molar-refractivity contribution in [1.29, 1.82) is 0 Å². The second-order valence-corrected chi connectivity index (χ2v) is 7.56. The summed E-state index contributed by atoms with van der Waals surface area (Å²) in [5.74, 6) is 0.990. The van der Waals surface area contributed by atoms with Crippen LogP contribution in [0.3, 0.4) is 0 Å². The number of ether oxygens (including phenoxy) is 1. The van der Waals surface area contributed by atoms with E-state index < -0.39 is 0 Å². The fourth-order valence-electron chi connectivity index (χ4n) is 3.79. The third-order valence-corrected chi connectivity index (χ3v) is 5.48. The lowest BCUT2D eigenvalue weighted by atomic mass is 9.95. The summed E-state index contributed by atoms with van der Waals surface area (Å²) in [4.78, 5) is 4.42. The van der Waals surface area contributed by atoms with Crippen LogP contribution in [0.4, 0.5) is 0 Å². The maximum Gasteiger partial charge on any atom is 0.182 e. The van der Waals surface area contributed by atoms with Gasteiger partial charge in [-0.1, -0.05) is 38.1 Å². The number of H-pyrrole nitrogens is 1. The molecule has 4 rings (SSSR count). The van der Waals surface area contributed by atoms with E-state index in [1.807, 2.05) is 18.2 Å². The molecule has 2 aromatic heterocycles. The fourth-order valence-corrected chi connectivity index (χ4v) is 3.79. The van der Waals surface area contributed by atoms with Gasteiger partial charge in [-0.2, -0.15) is 5.10 Å². The van der Waals surface area contributed by atoms with Crippen molar-refractivity contribution in [1.82, 2.24) is 15.2 Å². The Morgan fingerprint density at radius 2 is 1.77 bits per heavy atom. The molecule has 0 saturated heterocycles. The lowest BCUT2D eigenvalue weighted by molar-refractivity contribution is 0.254. The Morgan fingerprint density at radius 3 is 2.40 bits per heavy atom. The molecular weight excluding hydrogens is 378 g/mol.